The molecule has 1 N–H and O–H groups in total. The molecule has 3 aromatic rings. The number of hydrogen-bond donors (Lipinski definition) is 1. The maximum absolute atomic E-state index is 11.0. The Morgan fingerprint density at radius 2 is 1.62 bits per heavy atom. The summed E-state index contributed by atoms with van der Waals surface area (Å²) in [6.07, 6.45) is -0.101. The van der Waals surface area contributed by atoms with Gasteiger partial charge in [0.15, 0.2) is 0 Å². The summed E-state index contributed by atoms with van der Waals surface area (Å²) in [6, 6.07) is 20.3. The van der Waals surface area contributed by atoms with Gasteiger partial charge in [-0.05, 0) is 53.1 Å². The number of rotatable bonds is 6. The molecule has 3 rings (SSSR count). The topological polar surface area (TPSA) is 55.8 Å². The zero-order valence-electron chi connectivity index (χ0n) is 14.1. The van der Waals surface area contributed by atoms with Crippen molar-refractivity contribution < 1.29 is 19.4 Å². The number of carboxylic acid groups (broad SMARTS) is 1. The Labute approximate surface area is 156 Å². The van der Waals surface area contributed by atoms with Gasteiger partial charge in [-0.25, -0.2) is 0 Å². The highest BCUT2D eigenvalue weighted by molar-refractivity contribution is 6.30. The van der Waals surface area contributed by atoms with Crippen molar-refractivity contribution >= 4 is 17.6 Å². The number of aliphatic carboxylic acids is 1. The van der Waals surface area contributed by atoms with Gasteiger partial charge in [-0.1, -0.05) is 35.9 Å². The zero-order chi connectivity index (χ0) is 18.5. The maximum Gasteiger partial charge on any atom is 0.307 e. The van der Waals surface area contributed by atoms with E-state index in [2.05, 4.69) is 0 Å². The molecule has 3 aromatic carbocycles. The first-order valence-corrected chi connectivity index (χ1v) is 8.35. The van der Waals surface area contributed by atoms with Gasteiger partial charge in [0, 0.05) is 11.1 Å². The van der Waals surface area contributed by atoms with Crippen LogP contribution in [-0.4, -0.2) is 18.2 Å². The molecule has 0 aliphatic heterocycles. The van der Waals surface area contributed by atoms with Crippen molar-refractivity contribution in [2.24, 2.45) is 0 Å². The van der Waals surface area contributed by atoms with Crippen LogP contribution in [0.15, 0.2) is 66.7 Å². The van der Waals surface area contributed by atoms with Gasteiger partial charge in [0.05, 0.1) is 13.5 Å². The molecule has 0 saturated carbocycles. The monoisotopic (exact) mass is 368 g/mol. The van der Waals surface area contributed by atoms with E-state index in [9.17, 15) is 4.79 Å². The Balaban J connectivity index is 1.89. The van der Waals surface area contributed by atoms with Crippen molar-refractivity contribution in [2.45, 2.75) is 6.42 Å². The molecular formula is C21H17ClO4. The quantitative estimate of drug-likeness (QED) is 0.629. The summed E-state index contributed by atoms with van der Waals surface area (Å²) >= 11 is 6.06. The molecule has 0 unspecified atom stereocenters. The third-order valence-electron chi connectivity index (χ3n) is 3.76. The summed E-state index contributed by atoms with van der Waals surface area (Å²) in [5.41, 5.74) is 2.57. The molecule has 0 radical (unpaired) electrons. The SMILES string of the molecule is COc1cc(CC(=O)O)cc(Oc2cccc(-c3cccc(Cl)c3)c2)c1. The smallest absolute Gasteiger partial charge is 0.307 e. The predicted molar refractivity (Wildman–Crippen MR) is 101 cm³/mol. The molecule has 5 heteroatoms. The van der Waals surface area contributed by atoms with Crippen LogP contribution in [0.4, 0.5) is 0 Å². The highest BCUT2D eigenvalue weighted by Crippen LogP contribution is 2.31. The van der Waals surface area contributed by atoms with Crippen molar-refractivity contribution in [3.63, 3.8) is 0 Å². The molecule has 0 fully saturated rings. The van der Waals surface area contributed by atoms with Crippen LogP contribution in [0.3, 0.4) is 0 Å². The zero-order valence-corrected chi connectivity index (χ0v) is 14.9. The average molecular weight is 369 g/mol. The highest BCUT2D eigenvalue weighted by Gasteiger charge is 2.08. The molecule has 0 heterocycles. The third kappa shape index (κ3) is 4.55. The van der Waals surface area contributed by atoms with Crippen LogP contribution in [0.5, 0.6) is 17.2 Å². The maximum atomic E-state index is 11.0. The first kappa shape index (κ1) is 17.8. The van der Waals surface area contributed by atoms with Gasteiger partial charge in [-0.3, -0.25) is 4.79 Å². The second kappa shape index (κ2) is 7.93. The lowest BCUT2D eigenvalue weighted by molar-refractivity contribution is -0.136. The molecule has 0 bridgehead atoms. The molecule has 0 amide bonds. The first-order chi connectivity index (χ1) is 12.5. The second-order valence-electron chi connectivity index (χ2n) is 5.73. The number of carboxylic acids is 1. The molecule has 0 aromatic heterocycles. The van der Waals surface area contributed by atoms with E-state index in [1.165, 1.54) is 7.11 Å². The molecular weight excluding hydrogens is 352 g/mol. The van der Waals surface area contributed by atoms with Crippen molar-refractivity contribution in [3.05, 3.63) is 77.3 Å². The normalized spacial score (nSPS) is 10.4. The van der Waals surface area contributed by atoms with Crippen LogP contribution >= 0.6 is 11.6 Å². The van der Waals surface area contributed by atoms with E-state index in [1.54, 1.807) is 18.2 Å². The van der Waals surface area contributed by atoms with Crippen molar-refractivity contribution in [1.82, 2.24) is 0 Å². The average Bonchev–Trinajstić information content (AvgIpc) is 2.61. The minimum atomic E-state index is -0.910. The van der Waals surface area contributed by atoms with Crippen LogP contribution in [0.25, 0.3) is 11.1 Å². The van der Waals surface area contributed by atoms with Crippen LogP contribution in [-0.2, 0) is 11.2 Å². The molecule has 0 aliphatic rings. The van der Waals surface area contributed by atoms with Crippen molar-refractivity contribution in [1.29, 1.82) is 0 Å². The largest absolute Gasteiger partial charge is 0.497 e. The molecule has 132 valence electrons. The third-order valence-corrected chi connectivity index (χ3v) is 3.99. The Kier molecular flexibility index (Phi) is 5.44. The Morgan fingerprint density at radius 1 is 0.923 bits per heavy atom. The van der Waals surface area contributed by atoms with Gasteiger partial charge in [0.25, 0.3) is 0 Å². The number of methoxy groups -OCH3 is 1. The first-order valence-electron chi connectivity index (χ1n) is 7.97. The van der Waals surface area contributed by atoms with Gasteiger partial charge in [0.1, 0.15) is 17.2 Å². The molecule has 0 aliphatic carbocycles. The Bertz CT molecular complexity index is 937. The fourth-order valence-corrected chi connectivity index (χ4v) is 2.82. The molecule has 0 saturated heterocycles. The lowest BCUT2D eigenvalue weighted by atomic mass is 10.1. The number of benzene rings is 3. The molecule has 4 nitrogen and oxygen atoms in total. The van der Waals surface area contributed by atoms with E-state index in [4.69, 9.17) is 26.2 Å². The molecule has 0 atom stereocenters. The van der Waals surface area contributed by atoms with E-state index in [1.807, 2.05) is 48.5 Å². The Morgan fingerprint density at radius 3 is 2.31 bits per heavy atom. The lowest BCUT2D eigenvalue weighted by Gasteiger charge is -2.11. The summed E-state index contributed by atoms with van der Waals surface area (Å²) < 4.78 is 11.2. The minimum absolute atomic E-state index is 0.101. The van der Waals surface area contributed by atoms with Crippen LogP contribution in [0.1, 0.15) is 5.56 Å². The summed E-state index contributed by atoms with van der Waals surface area (Å²) in [5, 5.41) is 9.67. The van der Waals surface area contributed by atoms with Gasteiger partial charge in [-0.2, -0.15) is 0 Å². The fourth-order valence-electron chi connectivity index (χ4n) is 2.63. The number of hydrogen-bond acceptors (Lipinski definition) is 3. The summed E-state index contributed by atoms with van der Waals surface area (Å²) in [7, 11) is 1.53. The van der Waals surface area contributed by atoms with E-state index >= 15 is 0 Å². The van der Waals surface area contributed by atoms with Gasteiger partial charge < -0.3 is 14.6 Å². The lowest BCUT2D eigenvalue weighted by Crippen LogP contribution is -2.00. The molecule has 0 spiro atoms. The van der Waals surface area contributed by atoms with Crippen molar-refractivity contribution in [2.75, 3.05) is 7.11 Å². The van der Waals surface area contributed by atoms with E-state index in [-0.39, 0.29) is 6.42 Å². The fraction of sp³-hybridized carbons (Fsp3) is 0.0952. The summed E-state index contributed by atoms with van der Waals surface area (Å²) in [5.74, 6) is 0.790. The second-order valence-corrected chi connectivity index (χ2v) is 6.16. The number of halogens is 1. The number of carbonyl (C=O) groups is 1. The van der Waals surface area contributed by atoms with E-state index < -0.39 is 5.97 Å². The summed E-state index contributed by atoms with van der Waals surface area (Å²) in [6.45, 7) is 0. The van der Waals surface area contributed by atoms with E-state index in [0.29, 0.717) is 27.8 Å². The van der Waals surface area contributed by atoms with Crippen LogP contribution in [0, 0.1) is 0 Å². The minimum Gasteiger partial charge on any atom is -0.497 e. The Hall–Kier alpha value is -2.98. The van der Waals surface area contributed by atoms with Crippen LogP contribution < -0.4 is 9.47 Å². The van der Waals surface area contributed by atoms with E-state index in [0.717, 1.165) is 11.1 Å². The van der Waals surface area contributed by atoms with Gasteiger partial charge >= 0.3 is 5.97 Å². The number of ether oxygens (including phenoxy) is 2. The molecule has 26 heavy (non-hydrogen) atoms. The predicted octanol–water partition coefficient (Wildman–Crippen LogP) is 5.44. The van der Waals surface area contributed by atoms with Crippen LogP contribution in [0.2, 0.25) is 5.02 Å². The van der Waals surface area contributed by atoms with Gasteiger partial charge in [0.2, 0.25) is 0 Å². The van der Waals surface area contributed by atoms with Crippen molar-refractivity contribution in [3.8, 4) is 28.4 Å². The summed E-state index contributed by atoms with van der Waals surface area (Å²) in [4.78, 5) is 11.0. The highest BCUT2D eigenvalue weighted by atomic mass is 35.5. The van der Waals surface area contributed by atoms with Gasteiger partial charge in [-0.15, -0.1) is 0 Å². The standard InChI is InChI=1S/C21H17ClO4/c1-25-19-8-14(10-21(23)24)9-20(13-19)26-18-7-3-5-16(12-18)15-4-2-6-17(22)11-15/h2-9,11-13H,10H2,1H3,(H,23,24).